The maximum absolute atomic E-state index is 10.5. The van der Waals surface area contributed by atoms with Gasteiger partial charge in [-0.25, -0.2) is 0 Å². The molecule has 0 aliphatic heterocycles. The van der Waals surface area contributed by atoms with Crippen molar-refractivity contribution in [1.82, 2.24) is 4.98 Å². The van der Waals surface area contributed by atoms with Gasteiger partial charge in [-0.05, 0) is 32.8 Å². The summed E-state index contributed by atoms with van der Waals surface area (Å²) in [6.45, 7) is 1.41. The summed E-state index contributed by atoms with van der Waals surface area (Å²) in [6, 6.07) is 0. The molecule has 14 heavy (non-hydrogen) atoms. The quantitative estimate of drug-likeness (QED) is 0.599. The van der Waals surface area contributed by atoms with Gasteiger partial charge in [0.25, 0.3) is 0 Å². The van der Waals surface area contributed by atoms with Crippen LogP contribution < -0.4 is 0 Å². The lowest BCUT2D eigenvalue weighted by Crippen LogP contribution is -2.01. The smallest absolute Gasteiger partial charge is 0.358 e. The first kappa shape index (κ1) is 10.5. The maximum Gasteiger partial charge on any atom is 0.442 e. The van der Waals surface area contributed by atoms with E-state index in [-0.39, 0.29) is 5.56 Å². The topological polar surface area (TPSA) is 99.2 Å². The fourth-order valence-corrected chi connectivity index (χ4v) is 1.20. The monoisotopic (exact) mass is 261 g/mol. The SMILES string of the molecule is Cc1c(Br)cnc([N+](=O)[O-])c1[N+](=O)[O-]. The predicted octanol–water partition coefficient (Wildman–Crippen LogP) is 1.97. The second kappa shape index (κ2) is 3.66. The molecule has 7 nitrogen and oxygen atoms in total. The molecule has 74 valence electrons. The zero-order chi connectivity index (χ0) is 10.9. The highest BCUT2D eigenvalue weighted by Gasteiger charge is 2.29. The van der Waals surface area contributed by atoms with Gasteiger partial charge in [-0.15, -0.1) is 0 Å². The van der Waals surface area contributed by atoms with Crippen LogP contribution >= 0.6 is 15.9 Å². The molecule has 0 saturated heterocycles. The first-order chi connectivity index (χ1) is 6.45. The van der Waals surface area contributed by atoms with Crippen LogP contribution in [0.1, 0.15) is 5.56 Å². The number of aromatic nitrogens is 1. The van der Waals surface area contributed by atoms with Gasteiger partial charge in [-0.2, -0.15) is 0 Å². The largest absolute Gasteiger partial charge is 0.442 e. The summed E-state index contributed by atoms with van der Waals surface area (Å²) < 4.78 is 0.370. The second-order valence-electron chi connectivity index (χ2n) is 2.42. The number of nitrogens with zero attached hydrogens (tertiary/aromatic N) is 3. The molecule has 0 spiro atoms. The summed E-state index contributed by atoms with van der Waals surface area (Å²) >= 11 is 3.01. The molecule has 0 bridgehead atoms. The summed E-state index contributed by atoms with van der Waals surface area (Å²) in [5.41, 5.74) is -0.388. The molecule has 1 rings (SSSR count). The summed E-state index contributed by atoms with van der Waals surface area (Å²) in [4.78, 5) is 22.6. The lowest BCUT2D eigenvalue weighted by atomic mass is 10.2. The number of nitro groups is 2. The number of halogens is 1. The summed E-state index contributed by atoms with van der Waals surface area (Å²) in [6.07, 6.45) is 1.17. The van der Waals surface area contributed by atoms with E-state index in [9.17, 15) is 20.2 Å². The van der Waals surface area contributed by atoms with Gasteiger partial charge in [-0.1, -0.05) is 0 Å². The van der Waals surface area contributed by atoms with Crippen molar-refractivity contribution in [3.8, 4) is 0 Å². The first-order valence-electron chi connectivity index (χ1n) is 3.39. The van der Waals surface area contributed by atoms with E-state index in [1.54, 1.807) is 0 Å². The highest BCUT2D eigenvalue weighted by atomic mass is 79.9. The van der Waals surface area contributed by atoms with Gasteiger partial charge >= 0.3 is 11.5 Å². The molecule has 0 N–H and O–H groups in total. The maximum atomic E-state index is 10.5. The van der Waals surface area contributed by atoms with Crippen LogP contribution in [0.5, 0.6) is 0 Å². The summed E-state index contributed by atoms with van der Waals surface area (Å²) in [7, 11) is 0. The van der Waals surface area contributed by atoms with Gasteiger partial charge in [0, 0.05) is 0 Å². The van der Waals surface area contributed by atoms with E-state index < -0.39 is 21.4 Å². The van der Waals surface area contributed by atoms with E-state index in [0.717, 1.165) is 0 Å². The first-order valence-corrected chi connectivity index (χ1v) is 4.18. The van der Waals surface area contributed by atoms with Crippen LogP contribution in [0.25, 0.3) is 0 Å². The minimum absolute atomic E-state index is 0.191. The van der Waals surface area contributed by atoms with Crippen molar-refractivity contribution in [2.24, 2.45) is 0 Å². The number of hydrogen-bond acceptors (Lipinski definition) is 5. The van der Waals surface area contributed by atoms with Crippen molar-refractivity contribution in [2.75, 3.05) is 0 Å². The Morgan fingerprint density at radius 1 is 1.36 bits per heavy atom. The molecule has 1 aromatic rings. The Kier molecular flexibility index (Phi) is 2.75. The van der Waals surface area contributed by atoms with Crippen LogP contribution in [0.3, 0.4) is 0 Å². The van der Waals surface area contributed by atoms with Crippen molar-refractivity contribution in [3.63, 3.8) is 0 Å². The summed E-state index contributed by atoms with van der Waals surface area (Å²) in [5.74, 6) is -0.740. The third-order valence-electron chi connectivity index (χ3n) is 1.58. The molecule has 0 unspecified atom stereocenters. The summed E-state index contributed by atoms with van der Waals surface area (Å²) in [5, 5.41) is 21.0. The second-order valence-corrected chi connectivity index (χ2v) is 3.27. The Labute approximate surface area is 86.2 Å². The molecule has 0 aliphatic carbocycles. The number of hydrogen-bond donors (Lipinski definition) is 0. The number of rotatable bonds is 2. The van der Waals surface area contributed by atoms with E-state index in [2.05, 4.69) is 20.9 Å². The zero-order valence-corrected chi connectivity index (χ0v) is 8.52. The van der Waals surface area contributed by atoms with Crippen LogP contribution in [0.15, 0.2) is 10.7 Å². The normalized spacial score (nSPS) is 9.86. The van der Waals surface area contributed by atoms with E-state index in [1.807, 2.05) is 0 Å². The molecule has 8 heteroatoms. The van der Waals surface area contributed by atoms with Crippen LogP contribution in [-0.4, -0.2) is 14.8 Å². The van der Waals surface area contributed by atoms with Gasteiger partial charge in [0.1, 0.15) is 0 Å². The molecule has 0 aromatic carbocycles. The van der Waals surface area contributed by atoms with Crippen molar-refractivity contribution in [1.29, 1.82) is 0 Å². The molecular formula is C6H4BrN3O4. The highest BCUT2D eigenvalue weighted by molar-refractivity contribution is 9.10. The van der Waals surface area contributed by atoms with E-state index >= 15 is 0 Å². The molecule has 1 heterocycles. The Hall–Kier alpha value is -1.57. The van der Waals surface area contributed by atoms with Crippen molar-refractivity contribution in [2.45, 2.75) is 6.92 Å². The zero-order valence-electron chi connectivity index (χ0n) is 6.93. The molecule has 0 saturated carbocycles. The van der Waals surface area contributed by atoms with Crippen molar-refractivity contribution in [3.05, 3.63) is 36.5 Å². The minimum atomic E-state index is -0.877. The average Bonchev–Trinajstić information content (AvgIpc) is 2.08. The lowest BCUT2D eigenvalue weighted by molar-refractivity contribution is -0.426. The van der Waals surface area contributed by atoms with E-state index in [0.29, 0.717) is 4.47 Å². The van der Waals surface area contributed by atoms with E-state index in [4.69, 9.17) is 0 Å². The van der Waals surface area contributed by atoms with Crippen LogP contribution in [0.4, 0.5) is 11.5 Å². The molecule has 1 aromatic heterocycles. The van der Waals surface area contributed by atoms with Crippen LogP contribution in [0.2, 0.25) is 0 Å². The van der Waals surface area contributed by atoms with Gasteiger partial charge in [0.2, 0.25) is 0 Å². The minimum Gasteiger partial charge on any atom is -0.358 e. The number of pyridine rings is 1. The third kappa shape index (κ3) is 1.69. The van der Waals surface area contributed by atoms with Gasteiger partial charge < -0.3 is 10.1 Å². The fourth-order valence-electron chi connectivity index (χ4n) is 0.909. The molecule has 0 fully saturated rings. The lowest BCUT2D eigenvalue weighted by Gasteiger charge is -1.98. The third-order valence-corrected chi connectivity index (χ3v) is 2.38. The predicted molar refractivity (Wildman–Crippen MR) is 50.0 cm³/mol. The molecule has 0 atom stereocenters. The van der Waals surface area contributed by atoms with Gasteiger partial charge in [0.05, 0.1) is 15.0 Å². The standard InChI is InChI=1S/C6H4BrN3O4/c1-3-4(7)2-8-6(10(13)14)5(3)9(11)12/h2H,1H3. The van der Waals surface area contributed by atoms with Crippen molar-refractivity contribution >= 4 is 27.4 Å². The van der Waals surface area contributed by atoms with Crippen molar-refractivity contribution < 1.29 is 9.85 Å². The highest BCUT2D eigenvalue weighted by Crippen LogP contribution is 2.32. The molecule has 0 amide bonds. The average molecular weight is 262 g/mol. The van der Waals surface area contributed by atoms with Crippen LogP contribution in [0, 0.1) is 27.2 Å². The van der Waals surface area contributed by atoms with Gasteiger partial charge in [0.15, 0.2) is 6.20 Å². The van der Waals surface area contributed by atoms with E-state index in [1.165, 1.54) is 13.1 Å². The molecule has 0 radical (unpaired) electrons. The molecule has 0 aliphatic rings. The fraction of sp³-hybridized carbons (Fsp3) is 0.167. The van der Waals surface area contributed by atoms with Crippen LogP contribution in [-0.2, 0) is 0 Å². The Balaban J connectivity index is 3.53. The molecular weight excluding hydrogens is 258 g/mol. The van der Waals surface area contributed by atoms with Gasteiger partial charge in [-0.3, -0.25) is 10.1 Å². The Morgan fingerprint density at radius 3 is 2.36 bits per heavy atom. The Morgan fingerprint density at radius 2 is 1.93 bits per heavy atom. The Bertz CT molecular complexity index is 420.